The van der Waals surface area contributed by atoms with Crippen molar-refractivity contribution in [3.63, 3.8) is 0 Å². The van der Waals surface area contributed by atoms with Crippen molar-refractivity contribution in [3.05, 3.63) is 83.4 Å². The molecule has 3 aromatic rings. The second-order valence-electron chi connectivity index (χ2n) is 20.4. The van der Waals surface area contributed by atoms with Crippen molar-refractivity contribution in [2.24, 2.45) is 5.41 Å². The first-order valence-corrected chi connectivity index (χ1v) is 30.0. The summed E-state index contributed by atoms with van der Waals surface area (Å²) in [5, 5.41) is 14.4. The molecule has 3 saturated heterocycles. The summed E-state index contributed by atoms with van der Waals surface area (Å²) in [6.07, 6.45) is 5.09. The topological polar surface area (TPSA) is 282 Å². The predicted molar refractivity (Wildman–Crippen MR) is 301 cm³/mol. The van der Waals surface area contributed by atoms with E-state index in [9.17, 15) is 42.0 Å². The van der Waals surface area contributed by atoms with Crippen molar-refractivity contribution in [2.45, 2.75) is 119 Å². The maximum absolute atomic E-state index is 14.1. The highest BCUT2D eigenvalue weighted by atomic mass is 32.2. The zero-order valence-electron chi connectivity index (χ0n) is 46.9. The van der Waals surface area contributed by atoms with Gasteiger partial charge in [-0.05, 0) is 105 Å². The molecule has 24 heteroatoms. The van der Waals surface area contributed by atoms with Gasteiger partial charge < -0.3 is 59.9 Å². The standard InChI is InChI=1S/C57H78N6O16S2/c1-6-57(2,3)52(66)54(68)63-27-10-9-17-44(63)55(69)79-45(22-20-38-21-23-46(73-4)47(33-38)74-5)39-13-11-15-41(34-39)77-36-50(65)58-24-25-60-53(67)40-14-12-16-42(35-40)81(71,72)78-32-31-76-30-29-75-28-26-59-49(64)19-8-7-18-48-51-43(37-80-48)61-56(70)62-51/h11-16,21,23,33-35,43-45,48,51H,6-10,17-20,22,24-32,36-37H2,1-5H3,(H,58,65)(H,59,64)(H,60,67)(H2,61,62,70)/t43-,44-,45+,48-,51-/m0/s1. The molecule has 0 aliphatic carbocycles. The minimum atomic E-state index is -4.24. The molecule has 3 aromatic carbocycles. The minimum absolute atomic E-state index is 0.00816. The molecule has 0 saturated carbocycles. The van der Waals surface area contributed by atoms with Gasteiger partial charge in [0.25, 0.3) is 27.8 Å². The first-order chi connectivity index (χ1) is 38.9. The number of thioether (sulfide) groups is 1. The number of methoxy groups -OCH3 is 2. The van der Waals surface area contributed by atoms with Crippen LogP contribution in [-0.4, -0.2) is 164 Å². The Kier molecular flexibility index (Phi) is 24.9. The number of rotatable bonds is 34. The Hall–Kier alpha value is -6.47. The quantitative estimate of drug-likeness (QED) is 0.0176. The van der Waals surface area contributed by atoms with Gasteiger partial charge in [-0.25, -0.2) is 9.59 Å². The second kappa shape index (κ2) is 31.7. The fourth-order valence-corrected chi connectivity index (χ4v) is 11.8. The highest BCUT2D eigenvalue weighted by molar-refractivity contribution is 8.00. The van der Waals surface area contributed by atoms with Gasteiger partial charge in [0.05, 0.1) is 64.2 Å². The maximum Gasteiger partial charge on any atom is 0.329 e. The molecule has 81 heavy (non-hydrogen) atoms. The summed E-state index contributed by atoms with van der Waals surface area (Å²) in [5.74, 6) is -0.690. The van der Waals surface area contributed by atoms with Gasteiger partial charge in [-0.2, -0.15) is 20.2 Å². The fraction of sp³-hybridized carbons (Fsp3) is 0.561. The lowest BCUT2D eigenvalue weighted by Gasteiger charge is -2.36. The van der Waals surface area contributed by atoms with Gasteiger partial charge in [-0.15, -0.1) is 0 Å². The predicted octanol–water partition coefficient (Wildman–Crippen LogP) is 4.81. The molecule has 0 bridgehead atoms. The molecule has 3 aliphatic rings. The van der Waals surface area contributed by atoms with Gasteiger partial charge in [-0.3, -0.25) is 28.2 Å². The van der Waals surface area contributed by atoms with Gasteiger partial charge in [0, 0.05) is 54.6 Å². The zero-order valence-corrected chi connectivity index (χ0v) is 48.5. The van der Waals surface area contributed by atoms with E-state index >= 15 is 0 Å². The molecule has 22 nitrogen and oxygen atoms in total. The molecule has 0 radical (unpaired) electrons. The van der Waals surface area contributed by atoms with Crippen LogP contribution in [0.15, 0.2) is 71.6 Å². The molecule has 3 heterocycles. The number of urea groups is 1. The molecule has 444 valence electrons. The Bertz CT molecular complexity index is 2750. The summed E-state index contributed by atoms with van der Waals surface area (Å²) in [7, 11) is -1.15. The average molecular weight is 1170 g/mol. The van der Waals surface area contributed by atoms with Crippen LogP contribution in [0.3, 0.4) is 0 Å². The zero-order chi connectivity index (χ0) is 58.4. The van der Waals surface area contributed by atoms with Crippen LogP contribution in [0.5, 0.6) is 17.2 Å². The number of piperidine rings is 1. The normalized spacial score (nSPS) is 18.1. The monoisotopic (exact) mass is 1170 g/mol. The molecule has 0 unspecified atom stereocenters. The number of benzene rings is 3. The molecule has 5 atom stereocenters. The minimum Gasteiger partial charge on any atom is -0.493 e. The van der Waals surface area contributed by atoms with E-state index in [2.05, 4.69) is 26.6 Å². The molecule has 6 rings (SSSR count). The number of Topliss-reactive ketones (excluding diaryl/α,β-unsaturated/α-hetero) is 1. The van der Waals surface area contributed by atoms with Gasteiger partial charge in [-0.1, -0.05) is 51.5 Å². The van der Waals surface area contributed by atoms with E-state index in [1.807, 2.05) is 30.8 Å². The van der Waals surface area contributed by atoms with Gasteiger partial charge >= 0.3 is 12.0 Å². The Morgan fingerprint density at radius 2 is 1.56 bits per heavy atom. The molecular weight excluding hydrogens is 1090 g/mol. The van der Waals surface area contributed by atoms with Crippen molar-refractivity contribution < 1.29 is 74.6 Å². The van der Waals surface area contributed by atoms with E-state index in [1.54, 1.807) is 51.3 Å². The number of carbonyl (C=O) groups excluding carboxylic acids is 7. The maximum atomic E-state index is 14.1. The van der Waals surface area contributed by atoms with Crippen LogP contribution in [0.4, 0.5) is 4.79 Å². The number of fused-ring (bicyclic) bond motifs is 1. The molecular formula is C57H78N6O16S2. The van der Waals surface area contributed by atoms with E-state index in [0.717, 1.165) is 30.6 Å². The summed E-state index contributed by atoms with van der Waals surface area (Å²) in [6, 6.07) is 16.9. The molecule has 0 spiro atoms. The number of hydrogen-bond donors (Lipinski definition) is 5. The van der Waals surface area contributed by atoms with Gasteiger partial charge in [0.1, 0.15) is 17.9 Å². The number of ether oxygens (including phenoxy) is 6. The summed E-state index contributed by atoms with van der Waals surface area (Å²) < 4.78 is 64.9. The lowest BCUT2D eigenvalue weighted by Crippen LogP contribution is -2.53. The highest BCUT2D eigenvalue weighted by Gasteiger charge is 2.43. The Morgan fingerprint density at radius 3 is 2.33 bits per heavy atom. The van der Waals surface area contributed by atoms with Crippen molar-refractivity contribution in [1.82, 2.24) is 31.5 Å². The summed E-state index contributed by atoms with van der Waals surface area (Å²) in [4.78, 5) is 91.7. The Labute approximate surface area is 478 Å². The first-order valence-electron chi connectivity index (χ1n) is 27.6. The number of nitrogens with one attached hydrogen (secondary N) is 5. The number of unbranched alkanes of at least 4 members (excludes halogenated alkanes) is 1. The van der Waals surface area contributed by atoms with Crippen LogP contribution in [0.2, 0.25) is 0 Å². The molecule has 6 amide bonds. The van der Waals surface area contributed by atoms with Crippen molar-refractivity contribution in [1.29, 1.82) is 0 Å². The summed E-state index contributed by atoms with van der Waals surface area (Å²) in [6.45, 7) is 5.88. The number of amides is 6. The van der Waals surface area contributed by atoms with Crippen molar-refractivity contribution in [3.8, 4) is 17.2 Å². The number of likely N-dealkylation sites (tertiary alicyclic amines) is 1. The lowest BCUT2D eigenvalue weighted by atomic mass is 9.84. The van der Waals surface area contributed by atoms with Gasteiger partial charge in [0.15, 0.2) is 18.1 Å². The number of esters is 1. The summed E-state index contributed by atoms with van der Waals surface area (Å²) >= 11 is 1.85. The van der Waals surface area contributed by atoms with Crippen LogP contribution in [0.25, 0.3) is 0 Å². The molecule has 3 aliphatic heterocycles. The Balaban J connectivity index is 0.883. The van der Waals surface area contributed by atoms with Crippen molar-refractivity contribution in [2.75, 3.05) is 85.8 Å². The third kappa shape index (κ3) is 19.3. The first kappa shape index (κ1) is 63.7. The van der Waals surface area contributed by atoms with Crippen LogP contribution < -0.4 is 40.8 Å². The number of ketones is 1. The smallest absolute Gasteiger partial charge is 0.329 e. The average Bonchev–Trinajstić information content (AvgIpc) is 4.07. The second-order valence-corrected chi connectivity index (χ2v) is 23.3. The van der Waals surface area contributed by atoms with Crippen LogP contribution >= 0.6 is 11.8 Å². The fourth-order valence-electron chi connectivity index (χ4n) is 9.34. The molecule has 0 aromatic heterocycles. The highest BCUT2D eigenvalue weighted by Crippen LogP contribution is 2.35. The van der Waals surface area contributed by atoms with Crippen molar-refractivity contribution >= 4 is 63.3 Å². The number of carbonyl (C=O) groups is 7. The van der Waals surface area contributed by atoms with E-state index in [4.69, 9.17) is 32.6 Å². The van der Waals surface area contributed by atoms with E-state index in [1.165, 1.54) is 36.3 Å². The Morgan fingerprint density at radius 1 is 0.815 bits per heavy atom. The SMILES string of the molecule is CCC(C)(C)C(=O)C(=O)N1CCCC[C@H]1C(=O)O[C@H](CCc1ccc(OC)c(OC)c1)c1cccc(OCC(=O)NCCNC(=O)c2cccc(S(=O)(=O)OCCOCCOCCNC(=O)CCCC[C@@H]3SC[C@@H]4NC(=O)N[C@@H]43)c2)c1. The number of hydrogen-bond acceptors (Lipinski definition) is 17. The third-order valence-corrected chi connectivity index (χ3v) is 17.2. The summed E-state index contributed by atoms with van der Waals surface area (Å²) in [5.41, 5.74) is 0.621. The third-order valence-electron chi connectivity index (χ3n) is 14.3. The molecule has 3 fully saturated rings. The molecule has 5 N–H and O–H groups in total. The largest absolute Gasteiger partial charge is 0.493 e. The van der Waals surface area contributed by atoms with E-state index < -0.39 is 57.2 Å². The van der Waals surface area contributed by atoms with E-state index in [0.29, 0.717) is 79.6 Å². The van der Waals surface area contributed by atoms with Crippen LogP contribution in [0, 0.1) is 5.41 Å². The van der Waals surface area contributed by atoms with Crippen LogP contribution in [-0.2, 0) is 58.9 Å². The number of nitrogens with zero attached hydrogens (tertiary/aromatic N) is 1. The van der Waals surface area contributed by atoms with E-state index in [-0.39, 0.29) is 93.8 Å². The van der Waals surface area contributed by atoms with Crippen LogP contribution in [0.1, 0.15) is 106 Å². The lowest BCUT2D eigenvalue weighted by molar-refractivity contribution is -0.164. The number of aryl methyl sites for hydroxylation is 1. The van der Waals surface area contributed by atoms with Gasteiger partial charge in [0.2, 0.25) is 11.7 Å².